The molecule has 0 aromatic heterocycles. The molecule has 0 aliphatic rings. The smallest absolute Gasteiger partial charge is 0.344 e. The standard InChI is InChI=1S/C20H16Cl2N2O4/c1-2-27-19(25)12-28-18-8-7-13(10-16(18)22)9-14(11-23)20(26)24-17-6-4-3-5-15(17)21/h3-10H,2,12H2,1H3,(H,24,26)/b14-9+. The monoisotopic (exact) mass is 418 g/mol. The van der Waals surface area contributed by atoms with Crippen LogP contribution >= 0.6 is 23.2 Å². The Balaban J connectivity index is 2.12. The molecule has 0 bridgehead atoms. The molecule has 6 nitrogen and oxygen atoms in total. The van der Waals surface area contributed by atoms with Crippen LogP contribution in [0.5, 0.6) is 5.75 Å². The van der Waals surface area contributed by atoms with Crippen molar-refractivity contribution in [2.24, 2.45) is 0 Å². The molecule has 0 aliphatic heterocycles. The fourth-order valence-corrected chi connectivity index (χ4v) is 2.56. The van der Waals surface area contributed by atoms with Crippen molar-refractivity contribution in [2.45, 2.75) is 6.92 Å². The van der Waals surface area contributed by atoms with E-state index in [-0.39, 0.29) is 29.6 Å². The first-order valence-corrected chi connectivity index (χ1v) is 8.95. The Hall–Kier alpha value is -3.01. The molecule has 2 aromatic carbocycles. The van der Waals surface area contributed by atoms with E-state index in [9.17, 15) is 14.9 Å². The lowest BCUT2D eigenvalue weighted by Crippen LogP contribution is -2.14. The number of carbonyl (C=O) groups is 2. The van der Waals surface area contributed by atoms with Crippen LogP contribution in [0.15, 0.2) is 48.0 Å². The van der Waals surface area contributed by atoms with E-state index in [1.165, 1.54) is 18.2 Å². The molecule has 0 atom stereocenters. The van der Waals surface area contributed by atoms with Crippen LogP contribution in [-0.2, 0) is 14.3 Å². The normalized spacial score (nSPS) is 10.7. The Morgan fingerprint density at radius 1 is 1.18 bits per heavy atom. The van der Waals surface area contributed by atoms with E-state index in [4.69, 9.17) is 32.7 Å². The highest BCUT2D eigenvalue weighted by Crippen LogP contribution is 2.27. The summed E-state index contributed by atoms with van der Waals surface area (Å²) in [6.45, 7) is 1.68. The predicted molar refractivity (Wildman–Crippen MR) is 107 cm³/mol. The highest BCUT2D eigenvalue weighted by atomic mass is 35.5. The van der Waals surface area contributed by atoms with Crippen LogP contribution in [0.3, 0.4) is 0 Å². The fraction of sp³-hybridized carbons (Fsp3) is 0.150. The van der Waals surface area contributed by atoms with Crippen molar-refractivity contribution < 1.29 is 19.1 Å². The molecule has 0 heterocycles. The van der Waals surface area contributed by atoms with Crippen LogP contribution in [0.2, 0.25) is 10.0 Å². The SMILES string of the molecule is CCOC(=O)COc1ccc(/C=C(\C#N)C(=O)Nc2ccccc2Cl)cc1Cl. The van der Waals surface area contributed by atoms with Crippen LogP contribution in [-0.4, -0.2) is 25.1 Å². The number of nitrogens with one attached hydrogen (secondary N) is 1. The molecule has 0 saturated heterocycles. The zero-order valence-corrected chi connectivity index (χ0v) is 16.4. The topological polar surface area (TPSA) is 88.4 Å². The van der Waals surface area contributed by atoms with Gasteiger partial charge in [-0.3, -0.25) is 4.79 Å². The van der Waals surface area contributed by atoms with Gasteiger partial charge in [0.15, 0.2) is 6.61 Å². The maximum Gasteiger partial charge on any atom is 0.344 e. The molecule has 0 spiro atoms. The number of hydrogen-bond donors (Lipinski definition) is 1. The van der Waals surface area contributed by atoms with Gasteiger partial charge in [0.2, 0.25) is 0 Å². The number of anilines is 1. The number of halogens is 2. The lowest BCUT2D eigenvalue weighted by Gasteiger charge is -2.08. The van der Waals surface area contributed by atoms with Crippen molar-refractivity contribution in [2.75, 3.05) is 18.5 Å². The molecule has 0 aliphatic carbocycles. The van der Waals surface area contributed by atoms with E-state index in [2.05, 4.69) is 5.32 Å². The average Bonchev–Trinajstić information content (AvgIpc) is 2.67. The lowest BCUT2D eigenvalue weighted by molar-refractivity contribution is -0.145. The summed E-state index contributed by atoms with van der Waals surface area (Å²) in [5.41, 5.74) is 0.784. The number of benzene rings is 2. The molecule has 0 unspecified atom stereocenters. The Bertz CT molecular complexity index is 951. The van der Waals surface area contributed by atoms with Crippen LogP contribution < -0.4 is 10.1 Å². The van der Waals surface area contributed by atoms with Crippen LogP contribution in [0.25, 0.3) is 6.08 Å². The highest BCUT2D eigenvalue weighted by Gasteiger charge is 2.12. The third-order valence-corrected chi connectivity index (χ3v) is 4.03. The van der Waals surface area contributed by atoms with Gasteiger partial charge in [-0.1, -0.05) is 41.4 Å². The van der Waals surface area contributed by atoms with Crippen molar-refractivity contribution in [3.05, 3.63) is 63.6 Å². The van der Waals surface area contributed by atoms with Crippen molar-refractivity contribution in [3.63, 3.8) is 0 Å². The molecule has 2 aromatic rings. The summed E-state index contributed by atoms with van der Waals surface area (Å²) < 4.78 is 10.1. The van der Waals surface area contributed by atoms with Gasteiger partial charge in [-0.2, -0.15) is 5.26 Å². The highest BCUT2D eigenvalue weighted by molar-refractivity contribution is 6.34. The second-order valence-electron chi connectivity index (χ2n) is 5.39. The molecule has 28 heavy (non-hydrogen) atoms. The Morgan fingerprint density at radius 3 is 2.57 bits per heavy atom. The quantitative estimate of drug-likeness (QED) is 0.406. The van der Waals surface area contributed by atoms with E-state index in [1.54, 1.807) is 37.3 Å². The number of ether oxygens (including phenoxy) is 2. The molecule has 2 rings (SSSR count). The minimum absolute atomic E-state index is 0.129. The number of carbonyl (C=O) groups excluding carboxylic acids is 2. The molecule has 1 amide bonds. The maximum atomic E-state index is 12.3. The second-order valence-corrected chi connectivity index (χ2v) is 6.20. The van der Waals surface area contributed by atoms with Gasteiger partial charge in [0.25, 0.3) is 5.91 Å². The van der Waals surface area contributed by atoms with Gasteiger partial charge in [-0.25, -0.2) is 4.79 Å². The van der Waals surface area contributed by atoms with E-state index in [0.717, 1.165) is 0 Å². The summed E-state index contributed by atoms with van der Waals surface area (Å²) >= 11 is 12.1. The number of nitriles is 1. The average molecular weight is 419 g/mol. The summed E-state index contributed by atoms with van der Waals surface area (Å²) in [5, 5.41) is 12.5. The van der Waals surface area contributed by atoms with Crippen LogP contribution in [0.1, 0.15) is 12.5 Å². The number of hydrogen-bond acceptors (Lipinski definition) is 5. The summed E-state index contributed by atoms with van der Waals surface area (Å²) in [6, 6.07) is 13.2. The Morgan fingerprint density at radius 2 is 1.93 bits per heavy atom. The number of nitrogens with zero attached hydrogens (tertiary/aromatic N) is 1. The van der Waals surface area contributed by atoms with Crippen molar-refractivity contribution in [1.82, 2.24) is 0 Å². The number of esters is 1. The molecule has 8 heteroatoms. The van der Waals surface area contributed by atoms with Crippen LogP contribution in [0, 0.1) is 11.3 Å². The zero-order valence-electron chi connectivity index (χ0n) is 14.9. The summed E-state index contributed by atoms with van der Waals surface area (Å²) in [6.07, 6.45) is 1.38. The zero-order chi connectivity index (χ0) is 20.5. The first-order valence-electron chi connectivity index (χ1n) is 8.20. The number of rotatable bonds is 7. The summed E-state index contributed by atoms with van der Waals surface area (Å²) in [5.74, 6) is -0.828. The molecular formula is C20H16Cl2N2O4. The van der Waals surface area contributed by atoms with Gasteiger partial charge < -0.3 is 14.8 Å². The third kappa shape index (κ3) is 6.02. The van der Waals surface area contributed by atoms with Crippen molar-refractivity contribution >= 4 is 46.8 Å². The van der Waals surface area contributed by atoms with E-state index < -0.39 is 11.9 Å². The third-order valence-electron chi connectivity index (χ3n) is 3.40. The first-order chi connectivity index (χ1) is 13.4. The summed E-state index contributed by atoms with van der Waals surface area (Å²) in [7, 11) is 0. The van der Waals surface area contributed by atoms with E-state index >= 15 is 0 Å². The number of para-hydroxylation sites is 1. The Labute approximate surface area is 172 Å². The number of amides is 1. The largest absolute Gasteiger partial charge is 0.480 e. The first kappa shape index (κ1) is 21.3. The summed E-state index contributed by atoms with van der Waals surface area (Å²) in [4.78, 5) is 23.7. The van der Waals surface area contributed by atoms with Gasteiger partial charge in [-0.05, 0) is 42.8 Å². The van der Waals surface area contributed by atoms with Gasteiger partial charge in [0, 0.05) is 0 Å². The van der Waals surface area contributed by atoms with E-state index in [0.29, 0.717) is 16.3 Å². The minimum atomic E-state index is -0.602. The lowest BCUT2D eigenvalue weighted by atomic mass is 10.1. The fourth-order valence-electron chi connectivity index (χ4n) is 2.13. The van der Waals surface area contributed by atoms with Crippen molar-refractivity contribution in [3.8, 4) is 11.8 Å². The molecule has 0 fully saturated rings. The minimum Gasteiger partial charge on any atom is -0.480 e. The second kappa shape index (κ2) is 10.4. The van der Waals surface area contributed by atoms with Gasteiger partial charge >= 0.3 is 5.97 Å². The molecule has 0 saturated carbocycles. The van der Waals surface area contributed by atoms with Crippen molar-refractivity contribution in [1.29, 1.82) is 5.26 Å². The molecule has 0 radical (unpaired) electrons. The molecule has 1 N–H and O–H groups in total. The van der Waals surface area contributed by atoms with E-state index in [1.807, 2.05) is 6.07 Å². The maximum absolute atomic E-state index is 12.3. The molecule has 144 valence electrons. The van der Waals surface area contributed by atoms with Crippen LogP contribution in [0.4, 0.5) is 5.69 Å². The van der Waals surface area contributed by atoms with Gasteiger partial charge in [0.1, 0.15) is 17.4 Å². The Kier molecular flexibility index (Phi) is 7.88. The molecular weight excluding hydrogens is 403 g/mol. The van der Waals surface area contributed by atoms with Gasteiger partial charge in [-0.15, -0.1) is 0 Å². The van der Waals surface area contributed by atoms with Gasteiger partial charge in [0.05, 0.1) is 22.3 Å². The predicted octanol–water partition coefficient (Wildman–Crippen LogP) is 4.48.